The molecular formula is C11H11N3O. The molecule has 1 aromatic carbocycles. The maximum absolute atomic E-state index is 11.6. The van der Waals surface area contributed by atoms with E-state index in [1.54, 1.807) is 29.2 Å². The first kappa shape index (κ1) is 9.69. The van der Waals surface area contributed by atoms with Crippen LogP contribution in [-0.4, -0.2) is 18.5 Å². The summed E-state index contributed by atoms with van der Waals surface area (Å²) in [6.45, 7) is 0.659. The molecule has 0 unspecified atom stereocenters. The third-order valence-corrected chi connectivity index (χ3v) is 2.56. The zero-order valence-corrected chi connectivity index (χ0v) is 8.18. The Kier molecular flexibility index (Phi) is 2.40. The van der Waals surface area contributed by atoms with Crippen molar-refractivity contribution in [3.8, 4) is 6.07 Å². The highest BCUT2D eigenvalue weighted by molar-refractivity contribution is 5.99. The van der Waals surface area contributed by atoms with Crippen LogP contribution in [0.25, 0.3) is 0 Å². The lowest BCUT2D eigenvalue weighted by atomic mass is 10.2. The molecule has 0 radical (unpaired) electrons. The van der Waals surface area contributed by atoms with Gasteiger partial charge in [-0.3, -0.25) is 4.79 Å². The quantitative estimate of drug-likeness (QED) is 0.724. The first-order valence-corrected chi connectivity index (χ1v) is 4.79. The van der Waals surface area contributed by atoms with Crippen LogP contribution >= 0.6 is 0 Å². The van der Waals surface area contributed by atoms with Crippen molar-refractivity contribution in [1.29, 1.82) is 5.26 Å². The molecule has 1 aliphatic rings. The summed E-state index contributed by atoms with van der Waals surface area (Å²) in [5, 5.41) is 8.64. The molecular weight excluding hydrogens is 190 g/mol. The van der Waals surface area contributed by atoms with Gasteiger partial charge in [-0.05, 0) is 30.7 Å². The minimum atomic E-state index is -0.374. The van der Waals surface area contributed by atoms with Crippen LogP contribution in [0, 0.1) is 11.3 Å². The molecule has 1 atom stereocenters. The Bertz CT molecular complexity index is 418. The number of carbonyl (C=O) groups excluding carboxylic acids is 1. The number of rotatable bonds is 1. The molecule has 0 saturated carbocycles. The summed E-state index contributed by atoms with van der Waals surface area (Å²) < 4.78 is 0. The number of nitrogens with two attached hydrogens (primary N) is 1. The summed E-state index contributed by atoms with van der Waals surface area (Å²) in [4.78, 5) is 13.3. The number of benzene rings is 1. The van der Waals surface area contributed by atoms with Crippen molar-refractivity contribution >= 4 is 11.6 Å². The number of hydrogen-bond donors (Lipinski definition) is 1. The van der Waals surface area contributed by atoms with Crippen molar-refractivity contribution < 1.29 is 4.79 Å². The van der Waals surface area contributed by atoms with Crippen LogP contribution in [0.15, 0.2) is 24.3 Å². The molecule has 0 spiro atoms. The summed E-state index contributed by atoms with van der Waals surface area (Å²) in [7, 11) is 0. The summed E-state index contributed by atoms with van der Waals surface area (Å²) >= 11 is 0. The molecule has 0 bridgehead atoms. The van der Waals surface area contributed by atoms with Crippen molar-refractivity contribution in [3.63, 3.8) is 0 Å². The number of carbonyl (C=O) groups is 1. The Morgan fingerprint density at radius 3 is 2.53 bits per heavy atom. The first-order chi connectivity index (χ1) is 7.22. The van der Waals surface area contributed by atoms with Gasteiger partial charge in [-0.1, -0.05) is 0 Å². The number of hydrogen-bond acceptors (Lipinski definition) is 3. The Morgan fingerprint density at radius 1 is 1.40 bits per heavy atom. The van der Waals surface area contributed by atoms with Crippen LogP contribution in [0.2, 0.25) is 0 Å². The fourth-order valence-electron chi connectivity index (χ4n) is 1.67. The van der Waals surface area contributed by atoms with Crippen molar-refractivity contribution in [1.82, 2.24) is 0 Å². The van der Waals surface area contributed by atoms with E-state index in [9.17, 15) is 4.79 Å². The first-order valence-electron chi connectivity index (χ1n) is 4.79. The van der Waals surface area contributed by atoms with Gasteiger partial charge in [0.2, 0.25) is 5.91 Å². The van der Waals surface area contributed by atoms with Gasteiger partial charge in [0.05, 0.1) is 17.7 Å². The standard InChI is InChI=1S/C11H11N3O/c12-7-8-1-3-9(4-2-8)14-6-5-10(13)11(14)15/h1-4,10H,5-6,13H2/t10-/m0/s1. The number of anilines is 1. The molecule has 76 valence electrons. The zero-order chi connectivity index (χ0) is 10.8. The van der Waals surface area contributed by atoms with Crippen LogP contribution in [-0.2, 0) is 4.79 Å². The Morgan fingerprint density at radius 2 is 2.07 bits per heavy atom. The molecule has 2 N–H and O–H groups in total. The normalized spacial score (nSPS) is 20.4. The largest absolute Gasteiger partial charge is 0.320 e. The molecule has 1 saturated heterocycles. The molecule has 4 heteroatoms. The smallest absolute Gasteiger partial charge is 0.243 e. The van der Waals surface area contributed by atoms with Gasteiger partial charge in [-0.2, -0.15) is 5.26 Å². The predicted octanol–water partition coefficient (Wildman–Crippen LogP) is 0.622. The molecule has 2 rings (SSSR count). The third kappa shape index (κ3) is 1.69. The monoisotopic (exact) mass is 201 g/mol. The molecule has 4 nitrogen and oxygen atoms in total. The maximum Gasteiger partial charge on any atom is 0.243 e. The SMILES string of the molecule is N#Cc1ccc(N2CC[C@H](N)C2=O)cc1. The average Bonchev–Trinajstić information content (AvgIpc) is 2.60. The minimum absolute atomic E-state index is 0.0419. The van der Waals surface area contributed by atoms with Gasteiger partial charge in [-0.25, -0.2) is 0 Å². The molecule has 0 aromatic heterocycles. The van der Waals surface area contributed by atoms with E-state index < -0.39 is 0 Å². The highest BCUT2D eigenvalue weighted by Crippen LogP contribution is 2.20. The summed E-state index contributed by atoms with van der Waals surface area (Å²) in [5.74, 6) is -0.0419. The van der Waals surface area contributed by atoms with Gasteiger partial charge in [0.1, 0.15) is 0 Å². The van der Waals surface area contributed by atoms with E-state index in [1.807, 2.05) is 6.07 Å². The second-order valence-corrected chi connectivity index (χ2v) is 3.54. The minimum Gasteiger partial charge on any atom is -0.320 e. The zero-order valence-electron chi connectivity index (χ0n) is 8.18. The number of nitriles is 1. The fourth-order valence-corrected chi connectivity index (χ4v) is 1.67. The Labute approximate surface area is 87.9 Å². The highest BCUT2D eigenvalue weighted by Gasteiger charge is 2.29. The molecule has 1 aliphatic heterocycles. The molecule has 1 amide bonds. The van der Waals surface area contributed by atoms with Gasteiger partial charge in [0, 0.05) is 12.2 Å². The topological polar surface area (TPSA) is 70.1 Å². The van der Waals surface area contributed by atoms with Gasteiger partial charge in [0.25, 0.3) is 0 Å². The second kappa shape index (κ2) is 3.71. The lowest BCUT2D eigenvalue weighted by Gasteiger charge is -2.15. The van der Waals surface area contributed by atoms with Gasteiger partial charge in [-0.15, -0.1) is 0 Å². The van der Waals surface area contributed by atoms with E-state index in [0.717, 1.165) is 5.69 Å². The van der Waals surface area contributed by atoms with Crippen LogP contribution in [0.4, 0.5) is 5.69 Å². The number of nitrogens with zero attached hydrogens (tertiary/aromatic N) is 2. The van der Waals surface area contributed by atoms with E-state index >= 15 is 0 Å². The fraction of sp³-hybridized carbons (Fsp3) is 0.273. The van der Waals surface area contributed by atoms with Gasteiger partial charge >= 0.3 is 0 Å². The molecule has 0 aliphatic carbocycles. The van der Waals surface area contributed by atoms with E-state index in [4.69, 9.17) is 11.0 Å². The summed E-state index contributed by atoms with van der Waals surface area (Å²) in [5.41, 5.74) is 7.02. The second-order valence-electron chi connectivity index (χ2n) is 3.54. The molecule has 15 heavy (non-hydrogen) atoms. The van der Waals surface area contributed by atoms with Crippen molar-refractivity contribution in [3.05, 3.63) is 29.8 Å². The van der Waals surface area contributed by atoms with Crippen molar-refractivity contribution in [2.24, 2.45) is 5.73 Å². The van der Waals surface area contributed by atoms with Crippen LogP contribution in [0.3, 0.4) is 0 Å². The maximum atomic E-state index is 11.6. The van der Waals surface area contributed by atoms with Crippen molar-refractivity contribution in [2.75, 3.05) is 11.4 Å². The lowest BCUT2D eigenvalue weighted by Crippen LogP contribution is -2.33. The van der Waals surface area contributed by atoms with E-state index in [2.05, 4.69) is 0 Å². The van der Waals surface area contributed by atoms with Gasteiger partial charge in [0.15, 0.2) is 0 Å². The average molecular weight is 201 g/mol. The van der Waals surface area contributed by atoms with E-state index in [-0.39, 0.29) is 11.9 Å². The van der Waals surface area contributed by atoms with Gasteiger partial charge < -0.3 is 10.6 Å². The Balaban J connectivity index is 2.24. The van der Waals surface area contributed by atoms with Crippen molar-refractivity contribution in [2.45, 2.75) is 12.5 Å². The van der Waals surface area contributed by atoms with Crippen LogP contribution < -0.4 is 10.6 Å². The number of amides is 1. The summed E-state index contributed by atoms with van der Waals surface area (Å²) in [6.07, 6.45) is 0.693. The Hall–Kier alpha value is -1.86. The highest BCUT2D eigenvalue weighted by atomic mass is 16.2. The molecule has 1 aromatic rings. The lowest BCUT2D eigenvalue weighted by molar-refractivity contribution is -0.118. The predicted molar refractivity (Wildman–Crippen MR) is 56.1 cm³/mol. The molecule has 1 fully saturated rings. The van der Waals surface area contributed by atoms with E-state index in [0.29, 0.717) is 18.5 Å². The van der Waals surface area contributed by atoms with E-state index in [1.165, 1.54) is 0 Å². The summed E-state index contributed by atoms with van der Waals surface area (Å²) in [6, 6.07) is 8.61. The molecule has 1 heterocycles. The van der Waals surface area contributed by atoms with Crippen LogP contribution in [0.5, 0.6) is 0 Å². The third-order valence-electron chi connectivity index (χ3n) is 2.56. The van der Waals surface area contributed by atoms with Crippen LogP contribution in [0.1, 0.15) is 12.0 Å².